The number of ether oxygens (including phenoxy) is 2. The largest absolute Gasteiger partial charge is 0.482 e. The van der Waals surface area contributed by atoms with Crippen molar-refractivity contribution in [2.45, 2.75) is 58.7 Å². The fourth-order valence-electron chi connectivity index (χ4n) is 5.49. The number of likely N-dealkylation sites (tertiary alicyclic amines) is 1. The molecule has 10 nitrogen and oxygen atoms in total. The van der Waals surface area contributed by atoms with E-state index >= 15 is 0 Å². The van der Waals surface area contributed by atoms with Crippen LogP contribution in [0.1, 0.15) is 59.1 Å². The first-order valence-corrected chi connectivity index (χ1v) is 14.6. The summed E-state index contributed by atoms with van der Waals surface area (Å²) in [7, 11) is 1.34. The van der Waals surface area contributed by atoms with Crippen LogP contribution in [0.15, 0.2) is 54.9 Å². The molecule has 0 spiro atoms. The molecule has 0 unspecified atom stereocenters. The van der Waals surface area contributed by atoms with Gasteiger partial charge in [0.1, 0.15) is 17.5 Å². The summed E-state index contributed by atoms with van der Waals surface area (Å²) in [6, 6.07) is 15.9. The van der Waals surface area contributed by atoms with Crippen LogP contribution in [0.25, 0.3) is 0 Å². The van der Waals surface area contributed by atoms with E-state index in [4.69, 9.17) is 10.00 Å². The number of anilines is 1. The standard InChI is InChI=1S/C33H40N6O4/c1-23-18-27(19-34)37-25(3)32(23)33(41)36-24(2)11-15-38-16-12-29(13-17-38)39(21-26-6-5-14-35-20-26)28-7-9-30(10-8-28)43-22-31(40)42-4/h5-10,14,18,20,24,29H,11-13,15-17,21-22H2,1-4H3,(H,36,41)/t24-/m1/s1. The molecule has 0 aliphatic carbocycles. The van der Waals surface area contributed by atoms with E-state index in [-0.39, 0.29) is 18.6 Å². The van der Waals surface area contributed by atoms with Crippen LogP contribution in [0, 0.1) is 25.2 Å². The third kappa shape index (κ3) is 8.75. The lowest BCUT2D eigenvalue weighted by atomic mass is 10.0. The smallest absolute Gasteiger partial charge is 0.343 e. The van der Waals surface area contributed by atoms with Gasteiger partial charge in [-0.1, -0.05) is 6.07 Å². The summed E-state index contributed by atoms with van der Waals surface area (Å²) in [6.45, 7) is 9.08. The first kappa shape index (κ1) is 31.4. The number of benzene rings is 1. The quantitative estimate of drug-likeness (QED) is 0.312. The topological polar surface area (TPSA) is 121 Å². The minimum absolute atomic E-state index is 0.00154. The maximum Gasteiger partial charge on any atom is 0.343 e. The molecule has 1 fully saturated rings. The molecule has 1 aliphatic heterocycles. The molecule has 4 rings (SSSR count). The minimum atomic E-state index is -0.417. The maximum absolute atomic E-state index is 13.0. The van der Waals surface area contributed by atoms with Crippen molar-refractivity contribution < 1.29 is 19.1 Å². The number of carbonyl (C=O) groups excluding carboxylic acids is 2. The highest BCUT2D eigenvalue weighted by Gasteiger charge is 2.26. The van der Waals surface area contributed by atoms with Gasteiger partial charge in [0.05, 0.1) is 18.4 Å². The number of methoxy groups -OCH3 is 1. The molecular weight excluding hydrogens is 544 g/mol. The Hall–Kier alpha value is -4.49. The number of hydrogen-bond acceptors (Lipinski definition) is 9. The molecule has 0 radical (unpaired) electrons. The van der Waals surface area contributed by atoms with Crippen LogP contribution in [0.4, 0.5) is 5.69 Å². The van der Waals surface area contributed by atoms with Crippen molar-refractivity contribution in [1.82, 2.24) is 20.2 Å². The Kier molecular flexibility index (Phi) is 11.1. The Balaban J connectivity index is 1.32. The Morgan fingerprint density at radius 2 is 1.93 bits per heavy atom. The third-order valence-corrected chi connectivity index (χ3v) is 7.82. The molecule has 1 N–H and O–H groups in total. The molecule has 10 heteroatoms. The number of nitriles is 1. The van der Waals surface area contributed by atoms with Crippen LogP contribution >= 0.6 is 0 Å². The number of hydrogen-bond donors (Lipinski definition) is 1. The lowest BCUT2D eigenvalue weighted by Crippen LogP contribution is -2.46. The number of amides is 1. The van der Waals surface area contributed by atoms with Crippen molar-refractivity contribution in [2.24, 2.45) is 0 Å². The summed E-state index contributed by atoms with van der Waals surface area (Å²) in [4.78, 5) is 37.8. The van der Waals surface area contributed by atoms with E-state index in [1.807, 2.05) is 56.4 Å². The molecule has 3 heterocycles. The normalized spacial score (nSPS) is 14.4. The van der Waals surface area contributed by atoms with Crippen molar-refractivity contribution in [1.29, 1.82) is 5.26 Å². The highest BCUT2D eigenvalue weighted by Crippen LogP contribution is 2.28. The van der Waals surface area contributed by atoms with Gasteiger partial charge < -0.3 is 24.6 Å². The van der Waals surface area contributed by atoms with E-state index in [9.17, 15) is 9.59 Å². The first-order valence-electron chi connectivity index (χ1n) is 14.6. The van der Waals surface area contributed by atoms with Gasteiger partial charge in [0, 0.05) is 56.3 Å². The number of nitrogens with one attached hydrogen (secondary N) is 1. The number of esters is 1. The van der Waals surface area contributed by atoms with Crippen molar-refractivity contribution in [3.63, 3.8) is 0 Å². The van der Waals surface area contributed by atoms with Crippen LogP contribution in [-0.2, 0) is 16.1 Å². The summed E-state index contributed by atoms with van der Waals surface area (Å²) < 4.78 is 10.2. The maximum atomic E-state index is 13.0. The molecule has 1 aromatic carbocycles. The van der Waals surface area contributed by atoms with Crippen molar-refractivity contribution in [3.8, 4) is 11.8 Å². The number of pyridine rings is 2. The number of nitrogens with zero attached hydrogens (tertiary/aromatic N) is 5. The van der Waals surface area contributed by atoms with E-state index in [2.05, 4.69) is 35.9 Å². The Bertz CT molecular complexity index is 1390. The molecule has 0 saturated carbocycles. The van der Waals surface area contributed by atoms with E-state index in [0.717, 1.165) is 62.3 Å². The third-order valence-electron chi connectivity index (χ3n) is 7.82. The molecule has 3 aromatic rings. The summed E-state index contributed by atoms with van der Waals surface area (Å²) in [5.74, 6) is 0.0536. The highest BCUT2D eigenvalue weighted by molar-refractivity contribution is 5.96. The summed E-state index contributed by atoms with van der Waals surface area (Å²) in [5.41, 5.74) is 4.43. The van der Waals surface area contributed by atoms with Crippen LogP contribution in [0.5, 0.6) is 5.75 Å². The molecule has 1 atom stereocenters. The summed E-state index contributed by atoms with van der Waals surface area (Å²) >= 11 is 0. The van der Waals surface area contributed by atoms with E-state index < -0.39 is 5.97 Å². The fourth-order valence-corrected chi connectivity index (χ4v) is 5.49. The van der Waals surface area contributed by atoms with Crippen LogP contribution in [0.3, 0.4) is 0 Å². The molecular formula is C33H40N6O4. The second kappa shape index (κ2) is 15.1. The van der Waals surface area contributed by atoms with E-state index in [0.29, 0.717) is 28.7 Å². The Labute approximate surface area is 253 Å². The molecule has 43 heavy (non-hydrogen) atoms. The number of aromatic nitrogens is 2. The van der Waals surface area contributed by atoms with Gasteiger partial charge in [0.2, 0.25) is 0 Å². The Morgan fingerprint density at radius 1 is 1.19 bits per heavy atom. The van der Waals surface area contributed by atoms with Crippen LogP contribution in [-0.4, -0.2) is 72.2 Å². The molecule has 226 valence electrons. The van der Waals surface area contributed by atoms with Gasteiger partial charge in [-0.25, -0.2) is 9.78 Å². The molecule has 1 saturated heterocycles. The number of carbonyl (C=O) groups is 2. The lowest BCUT2D eigenvalue weighted by molar-refractivity contribution is -0.142. The van der Waals surface area contributed by atoms with Crippen molar-refractivity contribution in [3.05, 3.63) is 82.9 Å². The van der Waals surface area contributed by atoms with Gasteiger partial charge in [-0.15, -0.1) is 0 Å². The van der Waals surface area contributed by atoms with Crippen molar-refractivity contribution in [2.75, 3.05) is 38.3 Å². The van der Waals surface area contributed by atoms with Crippen LogP contribution in [0.2, 0.25) is 0 Å². The SMILES string of the molecule is COC(=O)COc1ccc(N(Cc2cccnc2)C2CCN(CC[C@@H](C)NC(=O)c3c(C)cc(C#N)nc3C)CC2)cc1. The average Bonchev–Trinajstić information content (AvgIpc) is 3.02. The number of aryl methyl sites for hydroxylation is 2. The first-order chi connectivity index (χ1) is 20.8. The van der Waals surface area contributed by atoms with Crippen molar-refractivity contribution >= 4 is 17.6 Å². The fraction of sp³-hybridized carbons (Fsp3) is 0.424. The van der Waals surface area contributed by atoms with Crippen LogP contribution < -0.4 is 15.0 Å². The predicted octanol–water partition coefficient (Wildman–Crippen LogP) is 4.20. The van der Waals surface area contributed by atoms with Gasteiger partial charge >= 0.3 is 5.97 Å². The second-order valence-electron chi connectivity index (χ2n) is 11.0. The molecule has 2 aromatic heterocycles. The second-order valence-corrected chi connectivity index (χ2v) is 11.0. The number of rotatable bonds is 12. The molecule has 1 aliphatic rings. The average molecular weight is 585 g/mol. The minimum Gasteiger partial charge on any atom is -0.482 e. The summed E-state index contributed by atoms with van der Waals surface area (Å²) in [5, 5.41) is 12.3. The Morgan fingerprint density at radius 3 is 2.56 bits per heavy atom. The van der Waals surface area contributed by atoms with Gasteiger partial charge in [0.15, 0.2) is 6.61 Å². The van der Waals surface area contributed by atoms with Gasteiger partial charge in [-0.05, 0) is 87.6 Å². The zero-order valence-electron chi connectivity index (χ0n) is 25.4. The highest BCUT2D eigenvalue weighted by atomic mass is 16.6. The lowest BCUT2D eigenvalue weighted by Gasteiger charge is -2.40. The zero-order chi connectivity index (χ0) is 30.8. The van der Waals surface area contributed by atoms with E-state index in [1.54, 1.807) is 19.2 Å². The van der Waals surface area contributed by atoms with Gasteiger partial charge in [-0.3, -0.25) is 9.78 Å². The van der Waals surface area contributed by atoms with E-state index in [1.165, 1.54) is 7.11 Å². The zero-order valence-corrected chi connectivity index (χ0v) is 25.4. The number of piperidine rings is 1. The summed E-state index contributed by atoms with van der Waals surface area (Å²) in [6.07, 6.45) is 6.55. The monoisotopic (exact) mass is 584 g/mol. The molecule has 1 amide bonds. The predicted molar refractivity (Wildman–Crippen MR) is 164 cm³/mol. The molecule has 0 bridgehead atoms. The van der Waals surface area contributed by atoms with Gasteiger partial charge in [0.25, 0.3) is 5.91 Å². The van der Waals surface area contributed by atoms with Gasteiger partial charge in [-0.2, -0.15) is 5.26 Å².